The lowest BCUT2D eigenvalue weighted by atomic mass is 10.0. The van der Waals surface area contributed by atoms with E-state index >= 15 is 0 Å². The molecule has 20 heavy (non-hydrogen) atoms. The van der Waals surface area contributed by atoms with Crippen molar-refractivity contribution in [2.75, 3.05) is 6.61 Å². The summed E-state index contributed by atoms with van der Waals surface area (Å²) in [6.45, 7) is 2.29. The summed E-state index contributed by atoms with van der Waals surface area (Å²) in [6.07, 6.45) is 5.22. The molecule has 3 nitrogen and oxygen atoms in total. The average Bonchev–Trinajstić information content (AvgIpc) is 3.34. The maximum absolute atomic E-state index is 12.3. The summed E-state index contributed by atoms with van der Waals surface area (Å²) in [4.78, 5) is 12.3. The molecule has 0 saturated heterocycles. The van der Waals surface area contributed by atoms with Crippen molar-refractivity contribution < 1.29 is 9.53 Å². The second kappa shape index (κ2) is 5.96. The molecule has 0 radical (unpaired) electrons. The van der Waals surface area contributed by atoms with Crippen molar-refractivity contribution in [3.63, 3.8) is 0 Å². The molecule has 0 aromatic heterocycles. The van der Waals surface area contributed by atoms with Crippen LogP contribution in [0.4, 0.5) is 0 Å². The normalized spacial score (nSPS) is 19.9. The van der Waals surface area contributed by atoms with Crippen molar-refractivity contribution in [1.82, 2.24) is 5.32 Å². The Bertz CT molecular complexity index is 439. The number of carbonyl (C=O) groups excluding carboxylic acids is 1. The van der Waals surface area contributed by atoms with E-state index in [9.17, 15) is 4.79 Å². The topological polar surface area (TPSA) is 38.3 Å². The number of hydrogen-bond acceptors (Lipinski definition) is 3. The van der Waals surface area contributed by atoms with E-state index < -0.39 is 0 Å². The number of nitrogens with one attached hydrogen (secondary N) is 1. The molecule has 2 saturated carbocycles. The fourth-order valence-electron chi connectivity index (χ4n) is 2.93. The summed E-state index contributed by atoms with van der Waals surface area (Å²) in [7, 11) is 0. The fourth-order valence-corrected chi connectivity index (χ4v) is 2.93. The lowest BCUT2D eigenvalue weighted by Gasteiger charge is -2.25. The molecular weight excluding hydrogens is 250 g/mol. The van der Waals surface area contributed by atoms with Gasteiger partial charge in [-0.3, -0.25) is 5.32 Å². The van der Waals surface area contributed by atoms with Gasteiger partial charge in [-0.15, -0.1) is 0 Å². The highest BCUT2D eigenvalue weighted by atomic mass is 16.5. The Labute approximate surface area is 120 Å². The predicted octanol–water partition coefficient (Wildman–Crippen LogP) is 3.07. The molecule has 3 rings (SSSR count). The standard InChI is InChI=1S/C17H23NO2/c1-2-20-17(19)16(12-6-4-3-5-7-12)18-15(13-8-9-13)14-10-11-14/h3-7,13-16,18H,2,8-11H2,1H3. The summed E-state index contributed by atoms with van der Waals surface area (Å²) in [5.74, 6) is 1.39. The molecule has 0 bridgehead atoms. The van der Waals surface area contributed by atoms with Crippen molar-refractivity contribution in [3.05, 3.63) is 35.9 Å². The van der Waals surface area contributed by atoms with Gasteiger partial charge >= 0.3 is 5.97 Å². The van der Waals surface area contributed by atoms with Crippen LogP contribution >= 0.6 is 0 Å². The number of hydrogen-bond donors (Lipinski definition) is 1. The minimum Gasteiger partial charge on any atom is -0.465 e. The lowest BCUT2D eigenvalue weighted by molar-refractivity contribution is -0.146. The Balaban J connectivity index is 1.75. The van der Waals surface area contributed by atoms with E-state index in [2.05, 4.69) is 5.32 Å². The lowest BCUT2D eigenvalue weighted by Crippen LogP contribution is -2.40. The predicted molar refractivity (Wildman–Crippen MR) is 78.2 cm³/mol. The molecule has 1 unspecified atom stereocenters. The zero-order chi connectivity index (χ0) is 13.9. The molecule has 0 amide bonds. The monoisotopic (exact) mass is 273 g/mol. The molecule has 0 spiro atoms. The zero-order valence-electron chi connectivity index (χ0n) is 12.0. The molecule has 1 atom stereocenters. The van der Waals surface area contributed by atoms with Crippen LogP contribution in [-0.2, 0) is 9.53 Å². The van der Waals surface area contributed by atoms with E-state index in [0.29, 0.717) is 12.6 Å². The molecule has 2 aliphatic rings. The Morgan fingerprint density at radius 2 is 1.80 bits per heavy atom. The quantitative estimate of drug-likeness (QED) is 0.776. The van der Waals surface area contributed by atoms with Crippen LogP contribution in [0, 0.1) is 11.8 Å². The van der Waals surface area contributed by atoms with Gasteiger partial charge in [0.05, 0.1) is 6.61 Å². The fraction of sp³-hybridized carbons (Fsp3) is 0.588. The molecule has 1 aromatic carbocycles. The maximum Gasteiger partial charge on any atom is 0.327 e. The van der Waals surface area contributed by atoms with Gasteiger partial charge in [0.15, 0.2) is 0 Å². The van der Waals surface area contributed by atoms with Crippen LogP contribution in [0.15, 0.2) is 30.3 Å². The maximum atomic E-state index is 12.3. The summed E-state index contributed by atoms with van der Waals surface area (Å²) in [5.41, 5.74) is 1.01. The van der Waals surface area contributed by atoms with Crippen molar-refractivity contribution in [2.24, 2.45) is 11.8 Å². The number of esters is 1. The first-order valence-corrected chi connectivity index (χ1v) is 7.77. The summed E-state index contributed by atoms with van der Waals surface area (Å²) >= 11 is 0. The van der Waals surface area contributed by atoms with Crippen LogP contribution in [0.2, 0.25) is 0 Å². The molecular formula is C17H23NO2. The molecule has 108 valence electrons. The van der Waals surface area contributed by atoms with Crippen molar-refractivity contribution in [2.45, 2.75) is 44.7 Å². The van der Waals surface area contributed by atoms with Crippen LogP contribution in [-0.4, -0.2) is 18.6 Å². The minimum atomic E-state index is -0.317. The number of carbonyl (C=O) groups is 1. The zero-order valence-corrected chi connectivity index (χ0v) is 12.0. The van der Waals surface area contributed by atoms with Gasteiger partial charge in [-0.25, -0.2) is 4.79 Å². The van der Waals surface area contributed by atoms with Gasteiger partial charge in [0, 0.05) is 6.04 Å². The van der Waals surface area contributed by atoms with Gasteiger partial charge in [-0.2, -0.15) is 0 Å². The smallest absolute Gasteiger partial charge is 0.327 e. The van der Waals surface area contributed by atoms with Gasteiger partial charge in [-0.1, -0.05) is 30.3 Å². The van der Waals surface area contributed by atoms with E-state index in [1.54, 1.807) is 0 Å². The van der Waals surface area contributed by atoms with Gasteiger partial charge in [0.25, 0.3) is 0 Å². The highest BCUT2D eigenvalue weighted by molar-refractivity contribution is 5.77. The van der Waals surface area contributed by atoms with Crippen LogP contribution in [0.3, 0.4) is 0 Å². The Morgan fingerprint density at radius 1 is 1.20 bits per heavy atom. The van der Waals surface area contributed by atoms with Crippen molar-refractivity contribution >= 4 is 5.97 Å². The molecule has 2 aliphatic carbocycles. The number of ether oxygens (including phenoxy) is 1. The average molecular weight is 273 g/mol. The Hall–Kier alpha value is -1.35. The van der Waals surface area contributed by atoms with E-state index in [4.69, 9.17) is 4.74 Å². The molecule has 0 heterocycles. The first kappa shape index (κ1) is 13.6. The van der Waals surface area contributed by atoms with Crippen molar-refractivity contribution in [1.29, 1.82) is 0 Å². The van der Waals surface area contributed by atoms with Gasteiger partial charge in [-0.05, 0) is 50.0 Å². The third kappa shape index (κ3) is 3.21. The molecule has 1 N–H and O–H groups in total. The molecule has 1 aromatic rings. The van der Waals surface area contributed by atoms with E-state index in [-0.39, 0.29) is 12.0 Å². The second-order valence-electron chi connectivity index (χ2n) is 5.96. The Morgan fingerprint density at radius 3 is 2.30 bits per heavy atom. The number of rotatable bonds is 7. The summed E-state index contributed by atoms with van der Waals surface area (Å²) in [6, 6.07) is 10.1. The third-order valence-corrected chi connectivity index (χ3v) is 4.27. The summed E-state index contributed by atoms with van der Waals surface area (Å²) < 4.78 is 5.26. The highest BCUT2D eigenvalue weighted by Crippen LogP contribution is 2.45. The third-order valence-electron chi connectivity index (χ3n) is 4.27. The minimum absolute atomic E-state index is 0.148. The first-order valence-electron chi connectivity index (χ1n) is 7.77. The van der Waals surface area contributed by atoms with Crippen molar-refractivity contribution in [3.8, 4) is 0 Å². The molecule has 0 aliphatic heterocycles. The van der Waals surface area contributed by atoms with Crippen LogP contribution < -0.4 is 5.32 Å². The SMILES string of the molecule is CCOC(=O)C(NC(C1CC1)C1CC1)c1ccccc1. The second-order valence-corrected chi connectivity index (χ2v) is 5.96. The van der Waals surface area contributed by atoms with Gasteiger partial charge in [0.1, 0.15) is 6.04 Å². The van der Waals surface area contributed by atoms with Gasteiger partial charge in [0.2, 0.25) is 0 Å². The first-order chi connectivity index (χ1) is 9.79. The number of benzene rings is 1. The molecule has 3 heteroatoms. The van der Waals surface area contributed by atoms with E-state index in [0.717, 1.165) is 17.4 Å². The molecule has 2 fully saturated rings. The Kier molecular flexibility index (Phi) is 4.06. The van der Waals surface area contributed by atoms with Gasteiger partial charge < -0.3 is 4.74 Å². The van der Waals surface area contributed by atoms with Crippen LogP contribution in [0.1, 0.15) is 44.2 Å². The van der Waals surface area contributed by atoms with E-state index in [1.807, 2.05) is 37.3 Å². The highest BCUT2D eigenvalue weighted by Gasteiger charge is 2.43. The summed E-state index contributed by atoms with van der Waals surface area (Å²) in [5, 5.41) is 3.60. The largest absolute Gasteiger partial charge is 0.465 e. The van der Waals surface area contributed by atoms with Crippen LogP contribution in [0.25, 0.3) is 0 Å². The van der Waals surface area contributed by atoms with Crippen LogP contribution in [0.5, 0.6) is 0 Å². The van der Waals surface area contributed by atoms with E-state index in [1.165, 1.54) is 25.7 Å².